The highest BCUT2D eigenvalue weighted by atomic mass is 15.1. The predicted molar refractivity (Wildman–Crippen MR) is 72.0 cm³/mol. The molecule has 18 heavy (non-hydrogen) atoms. The second-order valence-electron chi connectivity index (χ2n) is 4.33. The number of aromatic nitrogens is 3. The number of aryl methyl sites for hydroxylation is 1. The van der Waals surface area contributed by atoms with Gasteiger partial charge in [0.25, 0.3) is 0 Å². The Kier molecular flexibility index (Phi) is 2.57. The van der Waals surface area contributed by atoms with Crippen LogP contribution in [0.2, 0.25) is 0 Å². The van der Waals surface area contributed by atoms with Crippen molar-refractivity contribution in [2.75, 3.05) is 0 Å². The van der Waals surface area contributed by atoms with Crippen molar-refractivity contribution in [2.24, 2.45) is 5.73 Å². The van der Waals surface area contributed by atoms with Crippen molar-refractivity contribution in [1.29, 1.82) is 0 Å². The molecule has 4 heteroatoms. The Morgan fingerprint density at radius 1 is 1.17 bits per heavy atom. The van der Waals surface area contributed by atoms with Gasteiger partial charge in [0.1, 0.15) is 0 Å². The van der Waals surface area contributed by atoms with Crippen LogP contribution in [-0.2, 0) is 6.54 Å². The van der Waals surface area contributed by atoms with Crippen molar-refractivity contribution in [3.63, 3.8) is 0 Å². The zero-order valence-corrected chi connectivity index (χ0v) is 10.1. The summed E-state index contributed by atoms with van der Waals surface area (Å²) < 4.78 is 0. The van der Waals surface area contributed by atoms with E-state index in [9.17, 15) is 0 Å². The van der Waals surface area contributed by atoms with E-state index in [0.29, 0.717) is 6.54 Å². The van der Waals surface area contributed by atoms with Gasteiger partial charge in [-0.2, -0.15) is 5.10 Å². The first-order valence-corrected chi connectivity index (χ1v) is 5.88. The van der Waals surface area contributed by atoms with Gasteiger partial charge in [-0.05, 0) is 24.1 Å². The first-order chi connectivity index (χ1) is 8.78. The van der Waals surface area contributed by atoms with Crippen molar-refractivity contribution in [1.82, 2.24) is 15.2 Å². The molecule has 4 nitrogen and oxygen atoms in total. The van der Waals surface area contributed by atoms with Crippen LogP contribution in [0.4, 0.5) is 0 Å². The molecule has 0 saturated carbocycles. The Bertz CT molecular complexity index is 683. The third kappa shape index (κ3) is 1.76. The van der Waals surface area contributed by atoms with Crippen LogP contribution < -0.4 is 5.73 Å². The van der Waals surface area contributed by atoms with Crippen molar-refractivity contribution in [3.8, 4) is 11.1 Å². The summed E-state index contributed by atoms with van der Waals surface area (Å²) >= 11 is 0. The lowest BCUT2D eigenvalue weighted by atomic mass is 10.0. The van der Waals surface area contributed by atoms with Crippen LogP contribution in [0.25, 0.3) is 22.2 Å². The molecule has 3 N–H and O–H groups in total. The molecule has 0 aliphatic carbocycles. The molecular formula is C14H14N4. The van der Waals surface area contributed by atoms with Crippen LogP contribution in [0.15, 0.2) is 36.5 Å². The van der Waals surface area contributed by atoms with Gasteiger partial charge < -0.3 is 5.73 Å². The van der Waals surface area contributed by atoms with Crippen LogP contribution >= 0.6 is 0 Å². The minimum Gasteiger partial charge on any atom is -0.326 e. The molecule has 0 aliphatic heterocycles. The number of aromatic amines is 1. The molecule has 0 aliphatic rings. The number of fused-ring (bicyclic) bond motifs is 1. The monoisotopic (exact) mass is 238 g/mol. The van der Waals surface area contributed by atoms with Crippen LogP contribution in [0.5, 0.6) is 0 Å². The summed E-state index contributed by atoms with van der Waals surface area (Å²) in [6.07, 6.45) is 1.86. The number of H-pyrrole nitrogens is 1. The lowest BCUT2D eigenvalue weighted by molar-refractivity contribution is 1.05. The fraction of sp³-hybridized carbons (Fsp3) is 0.143. The summed E-state index contributed by atoms with van der Waals surface area (Å²) in [5, 5.41) is 8.13. The SMILES string of the molecule is Cc1n[nH]c2ncc(-c3ccc(CN)cc3)cc12. The summed E-state index contributed by atoms with van der Waals surface area (Å²) in [7, 11) is 0. The number of hydrogen-bond donors (Lipinski definition) is 2. The van der Waals surface area contributed by atoms with Crippen molar-refractivity contribution in [2.45, 2.75) is 13.5 Å². The van der Waals surface area contributed by atoms with Crippen LogP contribution in [0.3, 0.4) is 0 Å². The van der Waals surface area contributed by atoms with Gasteiger partial charge in [0, 0.05) is 23.7 Å². The van der Waals surface area contributed by atoms with E-state index in [4.69, 9.17) is 5.73 Å². The van der Waals surface area contributed by atoms with Gasteiger partial charge in [0.2, 0.25) is 0 Å². The summed E-state index contributed by atoms with van der Waals surface area (Å²) in [5.41, 5.74) is 10.8. The average molecular weight is 238 g/mol. The van der Waals surface area contributed by atoms with Crippen LogP contribution in [-0.4, -0.2) is 15.2 Å². The van der Waals surface area contributed by atoms with Crippen LogP contribution in [0, 0.1) is 6.92 Å². The number of nitrogens with zero attached hydrogens (tertiary/aromatic N) is 2. The molecular weight excluding hydrogens is 224 g/mol. The van der Waals surface area contributed by atoms with E-state index in [1.165, 1.54) is 0 Å². The molecule has 0 atom stereocenters. The molecule has 2 heterocycles. The number of nitrogens with one attached hydrogen (secondary N) is 1. The summed E-state index contributed by atoms with van der Waals surface area (Å²) in [6, 6.07) is 10.3. The van der Waals surface area contributed by atoms with E-state index in [-0.39, 0.29) is 0 Å². The van der Waals surface area contributed by atoms with E-state index in [1.807, 2.05) is 25.3 Å². The third-order valence-corrected chi connectivity index (χ3v) is 3.13. The summed E-state index contributed by atoms with van der Waals surface area (Å²) in [6.45, 7) is 2.54. The van der Waals surface area contributed by atoms with E-state index in [1.54, 1.807) is 0 Å². The maximum Gasteiger partial charge on any atom is 0.155 e. The third-order valence-electron chi connectivity index (χ3n) is 3.13. The lowest BCUT2D eigenvalue weighted by Gasteiger charge is -2.03. The zero-order valence-electron chi connectivity index (χ0n) is 10.1. The normalized spacial score (nSPS) is 11.0. The van der Waals surface area contributed by atoms with Gasteiger partial charge in [0.15, 0.2) is 5.65 Å². The Balaban J connectivity index is 2.09. The molecule has 2 aromatic heterocycles. The highest BCUT2D eigenvalue weighted by Crippen LogP contribution is 2.23. The Morgan fingerprint density at radius 3 is 2.67 bits per heavy atom. The second-order valence-corrected chi connectivity index (χ2v) is 4.33. The van der Waals surface area contributed by atoms with E-state index >= 15 is 0 Å². The number of rotatable bonds is 2. The van der Waals surface area contributed by atoms with Crippen molar-refractivity contribution in [3.05, 3.63) is 47.8 Å². The topological polar surface area (TPSA) is 67.6 Å². The molecule has 0 spiro atoms. The number of hydrogen-bond acceptors (Lipinski definition) is 3. The molecule has 0 bridgehead atoms. The molecule has 0 radical (unpaired) electrons. The number of nitrogens with two attached hydrogens (primary N) is 1. The minimum atomic E-state index is 0.568. The largest absolute Gasteiger partial charge is 0.326 e. The summed E-state index contributed by atoms with van der Waals surface area (Å²) in [4.78, 5) is 4.38. The highest BCUT2D eigenvalue weighted by Gasteiger charge is 2.05. The zero-order chi connectivity index (χ0) is 12.5. The maximum absolute atomic E-state index is 5.59. The van der Waals surface area contributed by atoms with E-state index in [0.717, 1.165) is 33.4 Å². The molecule has 0 fully saturated rings. The fourth-order valence-electron chi connectivity index (χ4n) is 2.02. The first kappa shape index (κ1) is 10.9. The Morgan fingerprint density at radius 2 is 1.94 bits per heavy atom. The van der Waals surface area contributed by atoms with Crippen molar-refractivity contribution < 1.29 is 0 Å². The van der Waals surface area contributed by atoms with Gasteiger partial charge in [0.05, 0.1) is 5.69 Å². The molecule has 0 saturated heterocycles. The second kappa shape index (κ2) is 4.23. The highest BCUT2D eigenvalue weighted by molar-refractivity contribution is 5.82. The Hall–Kier alpha value is -2.20. The van der Waals surface area contributed by atoms with Gasteiger partial charge in [-0.15, -0.1) is 0 Å². The van der Waals surface area contributed by atoms with Crippen LogP contribution in [0.1, 0.15) is 11.3 Å². The van der Waals surface area contributed by atoms with Gasteiger partial charge >= 0.3 is 0 Å². The van der Waals surface area contributed by atoms with Gasteiger partial charge in [-0.25, -0.2) is 4.98 Å². The average Bonchev–Trinajstić information content (AvgIpc) is 2.80. The number of pyridine rings is 1. The molecule has 0 amide bonds. The smallest absolute Gasteiger partial charge is 0.155 e. The summed E-state index contributed by atoms with van der Waals surface area (Å²) in [5.74, 6) is 0. The molecule has 3 rings (SSSR count). The van der Waals surface area contributed by atoms with E-state index < -0.39 is 0 Å². The first-order valence-electron chi connectivity index (χ1n) is 5.88. The van der Waals surface area contributed by atoms with Gasteiger partial charge in [-0.1, -0.05) is 24.3 Å². The van der Waals surface area contributed by atoms with Gasteiger partial charge in [-0.3, -0.25) is 5.10 Å². The molecule has 3 aromatic rings. The Labute approximate surface area is 105 Å². The fourth-order valence-corrected chi connectivity index (χ4v) is 2.02. The number of benzene rings is 1. The minimum absolute atomic E-state index is 0.568. The molecule has 1 aromatic carbocycles. The predicted octanol–water partition coefficient (Wildman–Crippen LogP) is 2.39. The standard InChI is InChI=1S/C14H14N4/c1-9-13-6-12(8-16-14(13)18-17-9)11-4-2-10(7-15)3-5-11/h2-6,8H,7,15H2,1H3,(H,16,17,18). The molecule has 0 unspecified atom stereocenters. The maximum atomic E-state index is 5.59. The lowest BCUT2D eigenvalue weighted by Crippen LogP contribution is -1.95. The van der Waals surface area contributed by atoms with Crippen molar-refractivity contribution >= 4 is 11.0 Å². The quantitative estimate of drug-likeness (QED) is 0.720. The molecule has 90 valence electrons. The van der Waals surface area contributed by atoms with E-state index in [2.05, 4.69) is 33.4 Å².